The van der Waals surface area contributed by atoms with Gasteiger partial charge in [0, 0.05) is 12.8 Å². The van der Waals surface area contributed by atoms with Gasteiger partial charge in [0.25, 0.3) is 0 Å². The van der Waals surface area contributed by atoms with E-state index in [1.165, 1.54) is 6.42 Å². The van der Waals surface area contributed by atoms with E-state index in [1.54, 1.807) is 6.08 Å². The zero-order valence-corrected chi connectivity index (χ0v) is 16.3. The summed E-state index contributed by atoms with van der Waals surface area (Å²) in [5.41, 5.74) is 0.718. The second-order valence-corrected chi connectivity index (χ2v) is 7.88. The van der Waals surface area contributed by atoms with Gasteiger partial charge in [-0.15, -0.1) is 0 Å². The Kier molecular flexibility index (Phi) is 7.34. The molecule has 1 fully saturated rings. The fraction of sp³-hybridized carbons (Fsp3) is 0.682. The molecular weight excluding hydrogens is 312 g/mol. The molecular formula is C22H34O3. The van der Waals surface area contributed by atoms with Gasteiger partial charge in [0.15, 0.2) is 0 Å². The minimum absolute atomic E-state index is 0.0309. The summed E-state index contributed by atoms with van der Waals surface area (Å²) < 4.78 is 11.9. The number of allylic oxidation sites excluding steroid dienone is 3. The molecule has 0 spiro atoms. The highest BCUT2D eigenvalue weighted by atomic mass is 16.5. The molecule has 0 amide bonds. The van der Waals surface area contributed by atoms with Gasteiger partial charge in [0.2, 0.25) is 0 Å². The highest BCUT2D eigenvalue weighted by molar-refractivity contribution is 5.89. The molecule has 1 unspecified atom stereocenters. The summed E-state index contributed by atoms with van der Waals surface area (Å²) in [6.07, 6.45) is 11.4. The third-order valence-corrected chi connectivity index (χ3v) is 5.54. The number of esters is 1. The van der Waals surface area contributed by atoms with Crippen LogP contribution in [0.5, 0.6) is 0 Å². The SMILES string of the molecule is C=CC1CC(C(=O)O[C@@H]2C[C@@H](C)CC[C@@H]2C(C)C)=C(CC/C=C/C)O1. The van der Waals surface area contributed by atoms with Gasteiger partial charge in [0.1, 0.15) is 18.0 Å². The number of hydrogen-bond acceptors (Lipinski definition) is 3. The van der Waals surface area contributed by atoms with E-state index in [1.807, 2.05) is 13.0 Å². The molecule has 4 atom stereocenters. The maximum Gasteiger partial charge on any atom is 0.337 e. The number of carbonyl (C=O) groups is 1. The van der Waals surface area contributed by atoms with Crippen LogP contribution in [-0.2, 0) is 14.3 Å². The molecule has 0 N–H and O–H groups in total. The van der Waals surface area contributed by atoms with E-state index in [4.69, 9.17) is 9.47 Å². The highest BCUT2D eigenvalue weighted by Gasteiger charge is 2.36. The first-order chi connectivity index (χ1) is 12.0. The average Bonchev–Trinajstić information content (AvgIpc) is 2.98. The average molecular weight is 347 g/mol. The van der Waals surface area contributed by atoms with Crippen LogP contribution in [0.4, 0.5) is 0 Å². The summed E-state index contributed by atoms with van der Waals surface area (Å²) in [4.78, 5) is 12.9. The lowest BCUT2D eigenvalue weighted by Crippen LogP contribution is -2.36. The van der Waals surface area contributed by atoms with Gasteiger partial charge < -0.3 is 9.47 Å². The van der Waals surface area contributed by atoms with Crippen molar-refractivity contribution in [2.75, 3.05) is 0 Å². The lowest BCUT2D eigenvalue weighted by atomic mass is 9.75. The Bertz CT molecular complexity index is 529. The van der Waals surface area contributed by atoms with Crippen molar-refractivity contribution >= 4 is 5.97 Å². The van der Waals surface area contributed by atoms with Crippen molar-refractivity contribution in [2.24, 2.45) is 17.8 Å². The molecule has 1 heterocycles. The molecule has 0 aromatic heterocycles. The number of ether oxygens (including phenoxy) is 2. The van der Waals surface area contributed by atoms with Crippen molar-refractivity contribution in [3.8, 4) is 0 Å². The quantitative estimate of drug-likeness (QED) is 0.446. The van der Waals surface area contributed by atoms with Gasteiger partial charge >= 0.3 is 5.97 Å². The maximum absolute atomic E-state index is 12.9. The molecule has 140 valence electrons. The van der Waals surface area contributed by atoms with Crippen molar-refractivity contribution < 1.29 is 14.3 Å². The van der Waals surface area contributed by atoms with E-state index < -0.39 is 0 Å². The summed E-state index contributed by atoms with van der Waals surface area (Å²) in [6.45, 7) is 12.5. The predicted octanol–water partition coefficient (Wildman–Crippen LogP) is 5.58. The van der Waals surface area contributed by atoms with Crippen molar-refractivity contribution in [3.63, 3.8) is 0 Å². The normalized spacial score (nSPS) is 30.0. The van der Waals surface area contributed by atoms with E-state index in [0.717, 1.165) is 37.0 Å². The third-order valence-electron chi connectivity index (χ3n) is 5.54. The van der Waals surface area contributed by atoms with Gasteiger partial charge in [-0.2, -0.15) is 0 Å². The first kappa shape index (κ1) is 19.8. The Morgan fingerprint density at radius 1 is 1.40 bits per heavy atom. The Hall–Kier alpha value is -1.51. The first-order valence-electron chi connectivity index (χ1n) is 9.79. The predicted molar refractivity (Wildman–Crippen MR) is 102 cm³/mol. The van der Waals surface area contributed by atoms with Crippen LogP contribution in [0.15, 0.2) is 36.1 Å². The minimum atomic E-state index is -0.176. The molecule has 1 aliphatic carbocycles. The zero-order valence-electron chi connectivity index (χ0n) is 16.3. The molecule has 0 aromatic rings. The fourth-order valence-corrected chi connectivity index (χ4v) is 3.99. The molecule has 0 bridgehead atoms. The Morgan fingerprint density at radius 3 is 2.80 bits per heavy atom. The zero-order chi connectivity index (χ0) is 18.4. The summed E-state index contributed by atoms with van der Waals surface area (Å²) in [5.74, 6) is 2.23. The number of carbonyl (C=O) groups excluding carboxylic acids is 1. The van der Waals surface area contributed by atoms with Crippen molar-refractivity contribution in [1.82, 2.24) is 0 Å². The second kappa shape index (κ2) is 9.26. The van der Waals surface area contributed by atoms with Crippen molar-refractivity contribution in [3.05, 3.63) is 36.1 Å². The second-order valence-electron chi connectivity index (χ2n) is 7.88. The Morgan fingerprint density at radius 2 is 2.16 bits per heavy atom. The maximum atomic E-state index is 12.9. The molecule has 0 aromatic carbocycles. The van der Waals surface area contributed by atoms with Crippen LogP contribution in [0.2, 0.25) is 0 Å². The highest BCUT2D eigenvalue weighted by Crippen LogP contribution is 2.37. The van der Waals surface area contributed by atoms with E-state index in [-0.39, 0.29) is 18.2 Å². The molecule has 0 radical (unpaired) electrons. The number of rotatable bonds is 7. The molecule has 25 heavy (non-hydrogen) atoms. The van der Waals surface area contributed by atoms with E-state index in [2.05, 4.69) is 33.4 Å². The fourth-order valence-electron chi connectivity index (χ4n) is 3.99. The Balaban J connectivity index is 2.09. The molecule has 3 heteroatoms. The summed E-state index contributed by atoms with van der Waals surface area (Å²) >= 11 is 0. The summed E-state index contributed by atoms with van der Waals surface area (Å²) in [5, 5.41) is 0. The first-order valence-corrected chi connectivity index (χ1v) is 9.79. The minimum Gasteiger partial charge on any atom is -0.490 e. The molecule has 1 aliphatic heterocycles. The summed E-state index contributed by atoms with van der Waals surface area (Å²) in [7, 11) is 0. The van der Waals surface area contributed by atoms with Gasteiger partial charge in [-0.05, 0) is 43.9 Å². The summed E-state index contributed by atoms with van der Waals surface area (Å²) in [6, 6.07) is 0. The van der Waals surface area contributed by atoms with Crippen LogP contribution >= 0.6 is 0 Å². The van der Waals surface area contributed by atoms with Crippen molar-refractivity contribution in [2.45, 2.75) is 78.4 Å². The van der Waals surface area contributed by atoms with Crippen LogP contribution in [0.25, 0.3) is 0 Å². The topological polar surface area (TPSA) is 35.5 Å². The van der Waals surface area contributed by atoms with Gasteiger partial charge in [0.05, 0.1) is 5.57 Å². The largest absolute Gasteiger partial charge is 0.490 e. The molecule has 3 nitrogen and oxygen atoms in total. The van der Waals surface area contributed by atoms with E-state index >= 15 is 0 Å². The Labute approximate surface area is 153 Å². The monoisotopic (exact) mass is 346 g/mol. The van der Waals surface area contributed by atoms with Gasteiger partial charge in [-0.1, -0.05) is 52.0 Å². The lowest BCUT2D eigenvalue weighted by molar-refractivity contribution is -0.151. The third kappa shape index (κ3) is 5.23. The van der Waals surface area contributed by atoms with Crippen LogP contribution < -0.4 is 0 Å². The van der Waals surface area contributed by atoms with Crippen LogP contribution in [-0.4, -0.2) is 18.2 Å². The van der Waals surface area contributed by atoms with Crippen LogP contribution in [0.3, 0.4) is 0 Å². The molecule has 1 saturated carbocycles. The van der Waals surface area contributed by atoms with Crippen LogP contribution in [0.1, 0.15) is 66.2 Å². The van der Waals surface area contributed by atoms with Gasteiger partial charge in [-0.3, -0.25) is 0 Å². The molecule has 0 saturated heterocycles. The van der Waals surface area contributed by atoms with Gasteiger partial charge in [-0.25, -0.2) is 4.79 Å². The van der Waals surface area contributed by atoms with E-state index in [0.29, 0.717) is 24.2 Å². The van der Waals surface area contributed by atoms with E-state index in [9.17, 15) is 4.79 Å². The van der Waals surface area contributed by atoms with Crippen LogP contribution in [0, 0.1) is 17.8 Å². The molecule has 2 aliphatic rings. The number of hydrogen-bond donors (Lipinski definition) is 0. The smallest absolute Gasteiger partial charge is 0.337 e. The lowest BCUT2D eigenvalue weighted by Gasteiger charge is -2.36. The standard InChI is InChI=1S/C22H34O3/c1-6-8-9-10-20-19(14-17(7-2)24-20)22(23)25-21-13-16(5)11-12-18(21)15(3)4/h6-8,15-18,21H,2,9-14H2,1,3-5H3/b8-6+/t16-,17?,18+,21+/m0/s1. The van der Waals surface area contributed by atoms with Crippen molar-refractivity contribution in [1.29, 1.82) is 0 Å². The molecule has 2 rings (SSSR count).